The average Bonchev–Trinajstić information content (AvgIpc) is 2.30. The molecule has 0 radical (unpaired) electrons. The van der Waals surface area contributed by atoms with Gasteiger partial charge in [-0.15, -0.1) is 0 Å². The highest BCUT2D eigenvalue weighted by Gasteiger charge is 2.09. The van der Waals surface area contributed by atoms with Crippen molar-refractivity contribution in [3.63, 3.8) is 0 Å². The predicted octanol–water partition coefficient (Wildman–Crippen LogP) is 2.70. The molecule has 0 atom stereocenters. The van der Waals surface area contributed by atoms with E-state index >= 15 is 0 Å². The lowest BCUT2D eigenvalue weighted by Crippen LogP contribution is -1.95. The van der Waals surface area contributed by atoms with Crippen molar-refractivity contribution in [3.05, 3.63) is 54.1 Å². The number of benzene rings is 1. The molecule has 0 fully saturated rings. The van der Waals surface area contributed by atoms with Crippen LogP contribution in [0.5, 0.6) is 0 Å². The highest BCUT2D eigenvalue weighted by atomic mass is 19.1. The molecule has 0 aliphatic carbocycles. The van der Waals surface area contributed by atoms with Gasteiger partial charge < -0.3 is 0 Å². The van der Waals surface area contributed by atoms with Gasteiger partial charge in [-0.2, -0.15) is 0 Å². The van der Waals surface area contributed by atoms with Crippen LogP contribution in [0.2, 0.25) is 0 Å². The lowest BCUT2D eigenvalue weighted by molar-refractivity contribution is 0.111. The van der Waals surface area contributed by atoms with Crippen molar-refractivity contribution in [2.45, 2.75) is 0 Å². The SMILES string of the molecule is O=Cc1nccc(-c2ccccc2)c1F. The monoisotopic (exact) mass is 201 g/mol. The maximum atomic E-state index is 13.7. The van der Waals surface area contributed by atoms with Crippen molar-refractivity contribution in [3.8, 4) is 11.1 Å². The first-order valence-corrected chi connectivity index (χ1v) is 4.48. The molecule has 0 saturated carbocycles. The summed E-state index contributed by atoms with van der Waals surface area (Å²) in [6, 6.07) is 10.6. The Bertz CT molecular complexity index is 482. The Morgan fingerprint density at radius 1 is 1.13 bits per heavy atom. The van der Waals surface area contributed by atoms with Crippen LogP contribution >= 0.6 is 0 Å². The predicted molar refractivity (Wildman–Crippen MR) is 55.0 cm³/mol. The number of carbonyl (C=O) groups excluding carboxylic acids is 1. The number of hydrogen-bond donors (Lipinski definition) is 0. The third-order valence-corrected chi connectivity index (χ3v) is 2.11. The van der Waals surface area contributed by atoms with Gasteiger partial charge >= 0.3 is 0 Å². The van der Waals surface area contributed by atoms with Gasteiger partial charge in [0.25, 0.3) is 0 Å². The van der Waals surface area contributed by atoms with E-state index in [0.717, 1.165) is 5.56 Å². The van der Waals surface area contributed by atoms with Crippen molar-refractivity contribution in [1.29, 1.82) is 0 Å². The molecule has 0 spiro atoms. The van der Waals surface area contributed by atoms with Crippen molar-refractivity contribution >= 4 is 6.29 Å². The van der Waals surface area contributed by atoms with E-state index in [4.69, 9.17) is 0 Å². The molecular formula is C12H8FNO. The maximum absolute atomic E-state index is 13.7. The van der Waals surface area contributed by atoms with Crippen LogP contribution in [0.25, 0.3) is 11.1 Å². The topological polar surface area (TPSA) is 30.0 Å². The van der Waals surface area contributed by atoms with Crippen LogP contribution in [0, 0.1) is 5.82 Å². The zero-order valence-electron chi connectivity index (χ0n) is 7.85. The molecule has 0 aliphatic rings. The van der Waals surface area contributed by atoms with E-state index in [1.54, 1.807) is 18.2 Å². The fraction of sp³-hybridized carbons (Fsp3) is 0. The molecule has 2 aromatic rings. The second-order valence-corrected chi connectivity index (χ2v) is 3.04. The molecular weight excluding hydrogens is 193 g/mol. The molecule has 0 bridgehead atoms. The van der Waals surface area contributed by atoms with Gasteiger partial charge in [0.1, 0.15) is 5.69 Å². The smallest absolute Gasteiger partial charge is 0.171 e. The first-order valence-electron chi connectivity index (χ1n) is 4.48. The van der Waals surface area contributed by atoms with E-state index in [0.29, 0.717) is 11.8 Å². The summed E-state index contributed by atoms with van der Waals surface area (Å²) in [4.78, 5) is 14.1. The Morgan fingerprint density at radius 2 is 1.87 bits per heavy atom. The summed E-state index contributed by atoms with van der Waals surface area (Å²) < 4.78 is 13.7. The summed E-state index contributed by atoms with van der Waals surface area (Å²) in [5.41, 5.74) is 0.976. The van der Waals surface area contributed by atoms with Crippen molar-refractivity contribution in [1.82, 2.24) is 4.98 Å². The second kappa shape index (κ2) is 4.00. The van der Waals surface area contributed by atoms with Crippen molar-refractivity contribution < 1.29 is 9.18 Å². The molecule has 0 aliphatic heterocycles. The fourth-order valence-electron chi connectivity index (χ4n) is 1.38. The van der Waals surface area contributed by atoms with Crippen molar-refractivity contribution in [2.75, 3.05) is 0 Å². The summed E-state index contributed by atoms with van der Waals surface area (Å²) >= 11 is 0. The second-order valence-electron chi connectivity index (χ2n) is 3.04. The van der Waals surface area contributed by atoms with Crippen LogP contribution in [-0.2, 0) is 0 Å². The average molecular weight is 201 g/mol. The van der Waals surface area contributed by atoms with Gasteiger partial charge in [0, 0.05) is 11.8 Å². The number of carbonyl (C=O) groups is 1. The number of nitrogens with zero attached hydrogens (tertiary/aromatic N) is 1. The molecule has 2 nitrogen and oxygen atoms in total. The Kier molecular flexibility index (Phi) is 2.54. The lowest BCUT2D eigenvalue weighted by Gasteiger charge is -2.03. The molecule has 74 valence electrons. The number of aldehydes is 1. The van der Waals surface area contributed by atoms with E-state index in [-0.39, 0.29) is 5.69 Å². The Balaban J connectivity index is 2.59. The van der Waals surface area contributed by atoms with Gasteiger partial charge in [-0.25, -0.2) is 4.39 Å². The molecule has 0 unspecified atom stereocenters. The molecule has 0 N–H and O–H groups in total. The summed E-state index contributed by atoms with van der Waals surface area (Å²) in [5.74, 6) is -0.571. The van der Waals surface area contributed by atoms with Crippen LogP contribution in [0.15, 0.2) is 42.6 Å². The molecule has 1 aromatic carbocycles. The standard InChI is InChI=1S/C12H8FNO/c13-12-10(6-7-14-11(12)8-15)9-4-2-1-3-5-9/h1-8H. The normalized spacial score (nSPS) is 9.93. The van der Waals surface area contributed by atoms with E-state index < -0.39 is 5.82 Å². The molecule has 1 heterocycles. The summed E-state index contributed by atoms with van der Waals surface area (Å²) in [6.07, 6.45) is 1.84. The molecule has 1 aromatic heterocycles. The van der Waals surface area contributed by atoms with Gasteiger partial charge in [0.15, 0.2) is 12.1 Å². The first-order chi connectivity index (χ1) is 7.33. The van der Waals surface area contributed by atoms with E-state index in [1.165, 1.54) is 6.20 Å². The lowest BCUT2D eigenvalue weighted by atomic mass is 10.1. The van der Waals surface area contributed by atoms with Crippen LogP contribution in [0.3, 0.4) is 0 Å². The highest BCUT2D eigenvalue weighted by molar-refractivity contribution is 5.76. The van der Waals surface area contributed by atoms with Gasteiger partial charge in [0.05, 0.1) is 0 Å². The number of pyridine rings is 1. The maximum Gasteiger partial charge on any atom is 0.171 e. The molecule has 15 heavy (non-hydrogen) atoms. The van der Waals surface area contributed by atoms with E-state index in [1.807, 2.05) is 18.2 Å². The van der Waals surface area contributed by atoms with Gasteiger partial charge in [0.2, 0.25) is 0 Å². The highest BCUT2D eigenvalue weighted by Crippen LogP contribution is 2.22. The zero-order chi connectivity index (χ0) is 10.7. The molecule has 0 saturated heterocycles. The summed E-state index contributed by atoms with van der Waals surface area (Å²) in [5, 5.41) is 0. The summed E-state index contributed by atoms with van der Waals surface area (Å²) in [6.45, 7) is 0. The van der Waals surface area contributed by atoms with E-state index in [2.05, 4.69) is 4.98 Å². The van der Waals surface area contributed by atoms with Crippen LogP contribution in [-0.4, -0.2) is 11.3 Å². The van der Waals surface area contributed by atoms with Gasteiger partial charge in [-0.05, 0) is 11.6 Å². The first kappa shape index (κ1) is 9.52. The van der Waals surface area contributed by atoms with Crippen LogP contribution < -0.4 is 0 Å². The zero-order valence-corrected chi connectivity index (χ0v) is 7.85. The van der Waals surface area contributed by atoms with Gasteiger partial charge in [-0.1, -0.05) is 30.3 Å². The van der Waals surface area contributed by atoms with Gasteiger partial charge in [-0.3, -0.25) is 9.78 Å². The summed E-state index contributed by atoms with van der Waals surface area (Å²) in [7, 11) is 0. The quantitative estimate of drug-likeness (QED) is 0.699. The van der Waals surface area contributed by atoms with Crippen molar-refractivity contribution in [2.24, 2.45) is 0 Å². The van der Waals surface area contributed by atoms with E-state index in [9.17, 15) is 9.18 Å². The number of halogens is 1. The molecule has 3 heteroatoms. The molecule has 0 amide bonds. The Hall–Kier alpha value is -2.03. The Morgan fingerprint density at radius 3 is 2.53 bits per heavy atom. The number of rotatable bonds is 2. The van der Waals surface area contributed by atoms with Crippen LogP contribution in [0.1, 0.15) is 10.5 Å². The minimum Gasteiger partial charge on any atom is -0.296 e. The third-order valence-electron chi connectivity index (χ3n) is 2.11. The van der Waals surface area contributed by atoms with Crippen LogP contribution in [0.4, 0.5) is 4.39 Å². The number of hydrogen-bond acceptors (Lipinski definition) is 2. The minimum absolute atomic E-state index is 0.156. The minimum atomic E-state index is -0.571. The third kappa shape index (κ3) is 1.76. The largest absolute Gasteiger partial charge is 0.296 e. The number of aromatic nitrogens is 1. The molecule has 2 rings (SSSR count). The fourth-order valence-corrected chi connectivity index (χ4v) is 1.38. The Labute approximate surface area is 86.4 Å².